The normalized spacial score (nSPS) is 21.4. The van der Waals surface area contributed by atoms with Gasteiger partial charge >= 0.3 is 0 Å². The van der Waals surface area contributed by atoms with Crippen LogP contribution < -0.4 is 5.32 Å². The highest BCUT2D eigenvalue weighted by Gasteiger charge is 2.32. The van der Waals surface area contributed by atoms with E-state index in [-0.39, 0.29) is 40.8 Å². The number of hydrogen-bond acceptors (Lipinski definition) is 3. The van der Waals surface area contributed by atoms with Crippen LogP contribution in [0.3, 0.4) is 0 Å². The van der Waals surface area contributed by atoms with Gasteiger partial charge in [0.1, 0.15) is 5.82 Å². The molecule has 132 valence electrons. The molecule has 2 aliphatic rings. The van der Waals surface area contributed by atoms with E-state index in [0.29, 0.717) is 26.2 Å². The van der Waals surface area contributed by atoms with Gasteiger partial charge in [0.15, 0.2) is 0 Å². The number of likely N-dealkylation sites (tertiary alicyclic amines) is 1. The molecule has 2 amide bonds. The summed E-state index contributed by atoms with van der Waals surface area (Å²) in [5, 5.41) is 3.31. The van der Waals surface area contributed by atoms with E-state index in [1.54, 1.807) is 4.90 Å². The molecule has 1 aromatic carbocycles. The van der Waals surface area contributed by atoms with Crippen molar-refractivity contribution in [2.45, 2.75) is 18.9 Å². The van der Waals surface area contributed by atoms with Gasteiger partial charge in [-0.05, 0) is 31.0 Å². The van der Waals surface area contributed by atoms with Gasteiger partial charge in [-0.3, -0.25) is 9.59 Å². The number of carbonyl (C=O) groups is 2. The van der Waals surface area contributed by atoms with Crippen molar-refractivity contribution in [3.8, 4) is 0 Å². The lowest BCUT2D eigenvalue weighted by Gasteiger charge is -2.41. The Morgan fingerprint density at radius 1 is 1.33 bits per heavy atom. The minimum Gasteiger partial charge on any atom is -0.336 e. The number of hydrogen-bond donors (Lipinski definition) is 1. The molecule has 5 nitrogen and oxygen atoms in total. The maximum absolute atomic E-state index is 14.0. The molecule has 24 heavy (non-hydrogen) atoms. The molecule has 0 radical (unpaired) electrons. The summed E-state index contributed by atoms with van der Waals surface area (Å²) in [6.45, 7) is 2.80. The lowest BCUT2D eigenvalue weighted by Crippen LogP contribution is -2.57. The first-order valence-electron chi connectivity index (χ1n) is 7.81. The Morgan fingerprint density at radius 2 is 2.12 bits per heavy atom. The highest BCUT2D eigenvalue weighted by molar-refractivity contribution is 6.30. The monoisotopic (exact) mass is 375 g/mol. The Balaban J connectivity index is 0.00000208. The second-order valence-electron chi connectivity index (χ2n) is 5.94. The first-order chi connectivity index (χ1) is 11.1. The van der Waals surface area contributed by atoms with Gasteiger partial charge in [-0.1, -0.05) is 11.6 Å². The quantitative estimate of drug-likeness (QED) is 0.859. The number of rotatable bonds is 2. The zero-order valence-electron chi connectivity index (χ0n) is 13.1. The first kappa shape index (κ1) is 19.0. The van der Waals surface area contributed by atoms with Gasteiger partial charge in [0.05, 0.1) is 12.1 Å². The summed E-state index contributed by atoms with van der Waals surface area (Å²) in [5.74, 6) is -0.887. The van der Waals surface area contributed by atoms with E-state index in [9.17, 15) is 14.0 Å². The number of amides is 2. The summed E-state index contributed by atoms with van der Waals surface area (Å²) in [4.78, 5) is 28.1. The Bertz CT molecular complexity index is 629. The number of benzene rings is 1. The van der Waals surface area contributed by atoms with Gasteiger partial charge in [-0.25, -0.2) is 4.39 Å². The Morgan fingerprint density at radius 3 is 2.83 bits per heavy atom. The molecule has 1 aromatic rings. The van der Waals surface area contributed by atoms with Gasteiger partial charge in [0.2, 0.25) is 5.91 Å². The third-order valence-corrected chi connectivity index (χ3v) is 4.65. The third kappa shape index (κ3) is 3.99. The number of carbonyl (C=O) groups excluding carboxylic acids is 2. The molecule has 2 saturated heterocycles. The van der Waals surface area contributed by atoms with Crippen LogP contribution in [0.5, 0.6) is 0 Å². The number of halogens is 3. The minimum absolute atomic E-state index is 0. The molecule has 8 heteroatoms. The second-order valence-corrected chi connectivity index (χ2v) is 6.37. The van der Waals surface area contributed by atoms with Crippen LogP contribution in [-0.2, 0) is 4.79 Å². The van der Waals surface area contributed by atoms with Crippen LogP contribution in [-0.4, -0.2) is 60.4 Å². The fourth-order valence-corrected chi connectivity index (χ4v) is 3.39. The highest BCUT2D eigenvalue weighted by Crippen LogP contribution is 2.21. The Hall–Kier alpha value is -1.37. The average molecular weight is 376 g/mol. The van der Waals surface area contributed by atoms with E-state index in [2.05, 4.69) is 5.32 Å². The van der Waals surface area contributed by atoms with E-state index >= 15 is 0 Å². The lowest BCUT2D eigenvalue weighted by molar-refractivity contribution is -0.135. The predicted octanol–water partition coefficient (Wildman–Crippen LogP) is 1.94. The summed E-state index contributed by atoms with van der Waals surface area (Å²) in [6.07, 6.45) is 1.68. The van der Waals surface area contributed by atoms with Gasteiger partial charge in [-0.2, -0.15) is 0 Å². The molecule has 2 aliphatic heterocycles. The number of piperidine rings is 1. The fourth-order valence-electron chi connectivity index (χ4n) is 3.23. The van der Waals surface area contributed by atoms with Gasteiger partial charge in [0, 0.05) is 37.2 Å². The molecule has 1 unspecified atom stereocenters. The van der Waals surface area contributed by atoms with Crippen molar-refractivity contribution in [3.63, 3.8) is 0 Å². The second kappa shape index (κ2) is 8.14. The van der Waals surface area contributed by atoms with Gasteiger partial charge in [-0.15, -0.1) is 12.4 Å². The molecule has 2 fully saturated rings. The van der Waals surface area contributed by atoms with Crippen molar-refractivity contribution >= 4 is 35.8 Å². The van der Waals surface area contributed by atoms with E-state index in [1.165, 1.54) is 12.1 Å². The summed E-state index contributed by atoms with van der Waals surface area (Å²) in [6, 6.07) is 4.09. The zero-order valence-corrected chi connectivity index (χ0v) is 14.7. The Kier molecular flexibility index (Phi) is 6.43. The fraction of sp³-hybridized carbons (Fsp3) is 0.500. The molecule has 2 heterocycles. The van der Waals surface area contributed by atoms with Crippen LogP contribution in [0.1, 0.15) is 23.2 Å². The average Bonchev–Trinajstić information content (AvgIpc) is 2.55. The van der Waals surface area contributed by atoms with E-state index < -0.39 is 5.82 Å². The highest BCUT2D eigenvalue weighted by atomic mass is 35.5. The van der Waals surface area contributed by atoms with Gasteiger partial charge in [0.25, 0.3) is 5.91 Å². The van der Waals surface area contributed by atoms with Crippen molar-refractivity contribution < 1.29 is 14.0 Å². The minimum atomic E-state index is -0.608. The molecule has 0 spiro atoms. The van der Waals surface area contributed by atoms with Crippen molar-refractivity contribution in [3.05, 3.63) is 34.6 Å². The van der Waals surface area contributed by atoms with Crippen LogP contribution in [0.2, 0.25) is 5.02 Å². The maximum atomic E-state index is 14.0. The molecule has 0 saturated carbocycles. The van der Waals surface area contributed by atoms with Crippen LogP contribution in [0, 0.1) is 5.82 Å². The standard InChI is InChI=1S/C16H19ClFN3O2.ClH/c17-11-3-4-13(14(18)8-11)16(23)20-6-1-2-12(10-20)21-7-5-19-9-15(21)22;/h3-4,8,12,19H,1-2,5-7,9-10H2;1H. The molecule has 1 atom stereocenters. The zero-order chi connectivity index (χ0) is 16.4. The summed E-state index contributed by atoms with van der Waals surface area (Å²) in [5.41, 5.74) is 0.0293. The SMILES string of the molecule is Cl.O=C(c1ccc(Cl)cc1F)N1CCCC(N2CCNCC2=O)C1. The van der Waals surface area contributed by atoms with Crippen molar-refractivity contribution in [1.82, 2.24) is 15.1 Å². The smallest absolute Gasteiger partial charge is 0.256 e. The largest absolute Gasteiger partial charge is 0.336 e. The molecule has 3 rings (SSSR count). The van der Waals surface area contributed by atoms with Crippen LogP contribution in [0.4, 0.5) is 4.39 Å². The third-order valence-electron chi connectivity index (χ3n) is 4.41. The number of nitrogens with zero attached hydrogens (tertiary/aromatic N) is 2. The summed E-state index contributed by atoms with van der Waals surface area (Å²) < 4.78 is 14.0. The number of piperazine rings is 1. The van der Waals surface area contributed by atoms with Crippen molar-refractivity contribution in [2.75, 3.05) is 32.7 Å². The van der Waals surface area contributed by atoms with Crippen molar-refractivity contribution in [1.29, 1.82) is 0 Å². The Labute approximate surface area is 151 Å². The summed E-state index contributed by atoms with van der Waals surface area (Å²) in [7, 11) is 0. The van der Waals surface area contributed by atoms with Crippen molar-refractivity contribution in [2.24, 2.45) is 0 Å². The van der Waals surface area contributed by atoms with E-state index in [1.807, 2.05) is 4.90 Å². The van der Waals surface area contributed by atoms with Crippen LogP contribution >= 0.6 is 24.0 Å². The summed E-state index contributed by atoms with van der Waals surface area (Å²) >= 11 is 5.73. The molecule has 0 aromatic heterocycles. The molecule has 0 aliphatic carbocycles. The molecular weight excluding hydrogens is 356 g/mol. The first-order valence-corrected chi connectivity index (χ1v) is 8.18. The van der Waals surface area contributed by atoms with Crippen LogP contribution in [0.25, 0.3) is 0 Å². The predicted molar refractivity (Wildman–Crippen MR) is 92.2 cm³/mol. The van der Waals surface area contributed by atoms with E-state index in [0.717, 1.165) is 25.5 Å². The number of nitrogens with one attached hydrogen (secondary N) is 1. The molecular formula is C16H20Cl2FN3O2. The van der Waals surface area contributed by atoms with Gasteiger partial charge < -0.3 is 15.1 Å². The maximum Gasteiger partial charge on any atom is 0.256 e. The molecule has 0 bridgehead atoms. The van der Waals surface area contributed by atoms with E-state index in [4.69, 9.17) is 11.6 Å². The topological polar surface area (TPSA) is 52.7 Å². The van der Waals surface area contributed by atoms with Crippen LogP contribution in [0.15, 0.2) is 18.2 Å². The molecule has 1 N–H and O–H groups in total. The lowest BCUT2D eigenvalue weighted by atomic mass is 10.0.